The lowest BCUT2D eigenvalue weighted by molar-refractivity contribution is 0.462. The van der Waals surface area contributed by atoms with E-state index in [9.17, 15) is 9.50 Å². The van der Waals surface area contributed by atoms with Crippen molar-refractivity contribution >= 4 is 15.9 Å². The van der Waals surface area contributed by atoms with E-state index in [2.05, 4.69) is 15.9 Å². The lowest BCUT2D eigenvalue weighted by Crippen LogP contribution is -2.06. The van der Waals surface area contributed by atoms with Crippen LogP contribution in [0.15, 0.2) is 16.6 Å². The average molecular weight is 262 g/mol. The van der Waals surface area contributed by atoms with E-state index in [4.69, 9.17) is 5.73 Å². The number of hydrogen-bond acceptors (Lipinski definition) is 2. The van der Waals surface area contributed by atoms with Crippen LogP contribution in [0.25, 0.3) is 0 Å². The van der Waals surface area contributed by atoms with Gasteiger partial charge in [-0.1, -0.05) is 6.92 Å². The second kappa shape index (κ2) is 4.75. The number of benzene rings is 1. The number of halogens is 2. The minimum Gasteiger partial charge on any atom is -0.507 e. The summed E-state index contributed by atoms with van der Waals surface area (Å²) in [4.78, 5) is 0. The summed E-state index contributed by atoms with van der Waals surface area (Å²) >= 11 is 3.15. The molecule has 0 heterocycles. The molecule has 0 aliphatic carbocycles. The van der Waals surface area contributed by atoms with Gasteiger partial charge in [-0.15, -0.1) is 0 Å². The monoisotopic (exact) mass is 261 g/mol. The minimum atomic E-state index is -0.383. The zero-order chi connectivity index (χ0) is 10.7. The van der Waals surface area contributed by atoms with Crippen molar-refractivity contribution in [3.8, 4) is 5.75 Å². The molecule has 0 aliphatic heterocycles. The molecule has 0 aromatic heterocycles. The highest BCUT2D eigenvalue weighted by atomic mass is 79.9. The Morgan fingerprint density at radius 1 is 1.57 bits per heavy atom. The first-order valence-electron chi connectivity index (χ1n) is 4.44. The molecule has 3 N–H and O–H groups in total. The molecule has 0 saturated heterocycles. The summed E-state index contributed by atoms with van der Waals surface area (Å²) in [6.45, 7) is 2.44. The molecule has 4 heteroatoms. The summed E-state index contributed by atoms with van der Waals surface area (Å²) in [5.41, 5.74) is 5.98. The Bertz CT molecular complexity index is 330. The van der Waals surface area contributed by atoms with E-state index in [0.29, 0.717) is 16.6 Å². The van der Waals surface area contributed by atoms with E-state index in [1.807, 2.05) is 6.92 Å². The maximum atomic E-state index is 13.4. The summed E-state index contributed by atoms with van der Waals surface area (Å²) < 4.78 is 13.9. The maximum absolute atomic E-state index is 13.4. The minimum absolute atomic E-state index is 0.0666. The fraction of sp³-hybridized carbons (Fsp3) is 0.400. The molecule has 1 aromatic rings. The van der Waals surface area contributed by atoms with Gasteiger partial charge in [0, 0.05) is 6.07 Å². The normalized spacial score (nSPS) is 12.9. The first-order chi connectivity index (χ1) is 6.56. The topological polar surface area (TPSA) is 46.2 Å². The molecule has 1 atom stereocenters. The average Bonchev–Trinajstić information content (AvgIpc) is 2.11. The zero-order valence-corrected chi connectivity index (χ0v) is 9.51. The van der Waals surface area contributed by atoms with Crippen molar-refractivity contribution in [1.82, 2.24) is 0 Å². The Morgan fingerprint density at radius 2 is 2.21 bits per heavy atom. The molecular weight excluding hydrogens is 249 g/mol. The van der Waals surface area contributed by atoms with Crippen molar-refractivity contribution in [2.24, 2.45) is 5.73 Å². The van der Waals surface area contributed by atoms with Gasteiger partial charge in [0.1, 0.15) is 11.6 Å². The van der Waals surface area contributed by atoms with E-state index in [1.165, 1.54) is 0 Å². The van der Waals surface area contributed by atoms with Gasteiger partial charge in [-0.2, -0.15) is 0 Å². The van der Waals surface area contributed by atoms with Crippen LogP contribution in [0.5, 0.6) is 5.75 Å². The molecule has 0 fully saturated rings. The SMILES string of the molecule is CC(CCN)c1cc(Br)c(O)cc1F. The predicted octanol–water partition coefficient (Wildman–Crippen LogP) is 2.75. The van der Waals surface area contributed by atoms with Gasteiger partial charge in [-0.3, -0.25) is 0 Å². The molecule has 2 nitrogen and oxygen atoms in total. The van der Waals surface area contributed by atoms with Crippen LogP contribution < -0.4 is 5.73 Å². The Kier molecular flexibility index (Phi) is 3.89. The Labute approximate surface area is 91.1 Å². The molecule has 0 aliphatic rings. The fourth-order valence-electron chi connectivity index (χ4n) is 1.33. The van der Waals surface area contributed by atoms with Gasteiger partial charge in [-0.05, 0) is 46.4 Å². The second-order valence-electron chi connectivity index (χ2n) is 3.30. The van der Waals surface area contributed by atoms with Crippen LogP contribution in [0.4, 0.5) is 4.39 Å². The van der Waals surface area contributed by atoms with Gasteiger partial charge in [0.05, 0.1) is 4.47 Å². The fourth-order valence-corrected chi connectivity index (χ4v) is 1.70. The molecule has 0 spiro atoms. The third kappa shape index (κ3) is 2.45. The van der Waals surface area contributed by atoms with Gasteiger partial charge in [0.25, 0.3) is 0 Å². The van der Waals surface area contributed by atoms with E-state index >= 15 is 0 Å². The van der Waals surface area contributed by atoms with Gasteiger partial charge in [0.2, 0.25) is 0 Å². The zero-order valence-electron chi connectivity index (χ0n) is 7.93. The van der Waals surface area contributed by atoms with Gasteiger partial charge in [0.15, 0.2) is 0 Å². The smallest absolute Gasteiger partial charge is 0.132 e. The molecule has 0 bridgehead atoms. The summed E-state index contributed by atoms with van der Waals surface area (Å²) in [6.07, 6.45) is 0.730. The first-order valence-corrected chi connectivity index (χ1v) is 5.23. The summed E-state index contributed by atoms with van der Waals surface area (Å²) in [5, 5.41) is 9.22. The van der Waals surface area contributed by atoms with Crippen LogP contribution in [-0.4, -0.2) is 11.7 Å². The third-order valence-electron chi connectivity index (χ3n) is 2.20. The van der Waals surface area contributed by atoms with Crippen LogP contribution in [0.2, 0.25) is 0 Å². The van der Waals surface area contributed by atoms with Crippen molar-refractivity contribution in [2.45, 2.75) is 19.3 Å². The number of rotatable bonds is 3. The highest BCUT2D eigenvalue weighted by molar-refractivity contribution is 9.10. The number of aromatic hydroxyl groups is 1. The molecule has 1 rings (SSSR count). The molecule has 78 valence electrons. The Hall–Kier alpha value is -0.610. The van der Waals surface area contributed by atoms with Crippen molar-refractivity contribution in [3.05, 3.63) is 28.0 Å². The van der Waals surface area contributed by atoms with Crippen molar-refractivity contribution in [3.63, 3.8) is 0 Å². The van der Waals surface area contributed by atoms with Crippen LogP contribution in [0, 0.1) is 5.82 Å². The van der Waals surface area contributed by atoms with Crippen LogP contribution in [0.1, 0.15) is 24.8 Å². The van der Waals surface area contributed by atoms with Crippen molar-refractivity contribution < 1.29 is 9.50 Å². The lowest BCUT2D eigenvalue weighted by atomic mass is 9.97. The van der Waals surface area contributed by atoms with Crippen LogP contribution >= 0.6 is 15.9 Å². The van der Waals surface area contributed by atoms with Crippen LogP contribution in [-0.2, 0) is 0 Å². The summed E-state index contributed by atoms with van der Waals surface area (Å²) in [7, 11) is 0. The van der Waals surface area contributed by atoms with Crippen LogP contribution in [0.3, 0.4) is 0 Å². The van der Waals surface area contributed by atoms with Crippen molar-refractivity contribution in [2.75, 3.05) is 6.54 Å². The summed E-state index contributed by atoms with van der Waals surface area (Å²) in [5.74, 6) is -0.394. The summed E-state index contributed by atoms with van der Waals surface area (Å²) in [6, 6.07) is 2.72. The molecule has 1 aromatic carbocycles. The number of phenols is 1. The number of phenolic OH excluding ortho intramolecular Hbond substituents is 1. The van der Waals surface area contributed by atoms with E-state index in [-0.39, 0.29) is 17.5 Å². The standard InChI is InChI=1S/C10H13BrFNO/c1-6(2-3-13)7-4-8(11)10(14)5-9(7)12/h4-6,14H,2-3,13H2,1H3. The highest BCUT2D eigenvalue weighted by Gasteiger charge is 2.13. The largest absolute Gasteiger partial charge is 0.507 e. The van der Waals surface area contributed by atoms with Gasteiger partial charge >= 0.3 is 0 Å². The Morgan fingerprint density at radius 3 is 2.79 bits per heavy atom. The third-order valence-corrected chi connectivity index (χ3v) is 2.83. The molecular formula is C10H13BrFNO. The molecule has 14 heavy (non-hydrogen) atoms. The molecule has 0 amide bonds. The van der Waals surface area contributed by atoms with Crippen molar-refractivity contribution in [1.29, 1.82) is 0 Å². The van der Waals surface area contributed by atoms with Gasteiger partial charge < -0.3 is 10.8 Å². The predicted molar refractivity (Wildman–Crippen MR) is 57.9 cm³/mol. The second-order valence-corrected chi connectivity index (χ2v) is 4.16. The van der Waals surface area contributed by atoms with E-state index in [0.717, 1.165) is 12.5 Å². The molecule has 1 unspecified atom stereocenters. The molecule has 0 saturated carbocycles. The maximum Gasteiger partial charge on any atom is 0.132 e. The number of nitrogens with two attached hydrogens (primary N) is 1. The first kappa shape index (κ1) is 11.5. The Balaban J connectivity index is 3.02. The quantitative estimate of drug-likeness (QED) is 0.879. The number of hydrogen-bond donors (Lipinski definition) is 2. The lowest BCUT2D eigenvalue weighted by Gasteiger charge is -2.12. The van der Waals surface area contributed by atoms with E-state index in [1.54, 1.807) is 6.07 Å². The molecule has 0 radical (unpaired) electrons. The van der Waals surface area contributed by atoms with E-state index < -0.39 is 0 Å². The van der Waals surface area contributed by atoms with Gasteiger partial charge in [-0.25, -0.2) is 4.39 Å². The highest BCUT2D eigenvalue weighted by Crippen LogP contribution is 2.31.